The fourth-order valence-corrected chi connectivity index (χ4v) is 2.77. The molecule has 3 nitrogen and oxygen atoms in total. The number of aliphatic hydroxyl groups is 1. The van der Waals surface area contributed by atoms with Crippen LogP contribution in [0.15, 0.2) is 60.7 Å². The van der Waals surface area contributed by atoms with Crippen LogP contribution in [0.5, 0.6) is 0 Å². The van der Waals surface area contributed by atoms with E-state index in [1.54, 1.807) is 0 Å². The van der Waals surface area contributed by atoms with E-state index in [1.165, 1.54) is 5.56 Å². The third-order valence-electron chi connectivity index (χ3n) is 3.97. The van der Waals surface area contributed by atoms with Crippen LogP contribution in [0.3, 0.4) is 0 Å². The van der Waals surface area contributed by atoms with Gasteiger partial charge in [-0.15, -0.1) is 0 Å². The van der Waals surface area contributed by atoms with E-state index in [0.29, 0.717) is 13.2 Å². The lowest BCUT2D eigenvalue weighted by molar-refractivity contribution is -0.247. The van der Waals surface area contributed by atoms with Crippen LogP contribution in [0.4, 0.5) is 0 Å². The minimum Gasteiger partial charge on any atom is -0.361 e. The zero-order valence-corrected chi connectivity index (χ0v) is 12.1. The molecule has 1 aliphatic rings. The summed E-state index contributed by atoms with van der Waals surface area (Å²) in [6.45, 7) is 2.87. The highest BCUT2D eigenvalue weighted by atomic mass is 16.6. The molecule has 0 radical (unpaired) electrons. The maximum atomic E-state index is 10.7. The van der Waals surface area contributed by atoms with Crippen LogP contribution >= 0.6 is 0 Å². The quantitative estimate of drug-likeness (QED) is 0.935. The molecule has 3 rings (SSSR count). The van der Waals surface area contributed by atoms with E-state index in [0.717, 1.165) is 25.1 Å². The summed E-state index contributed by atoms with van der Waals surface area (Å²) in [6.07, 6.45) is 0.992. The summed E-state index contributed by atoms with van der Waals surface area (Å²) in [6, 6.07) is 20.1. The summed E-state index contributed by atoms with van der Waals surface area (Å²) < 4.78 is 5.65. The van der Waals surface area contributed by atoms with Gasteiger partial charge in [0.15, 0.2) is 0 Å². The van der Waals surface area contributed by atoms with E-state index in [2.05, 4.69) is 29.2 Å². The molecule has 0 amide bonds. The Morgan fingerprint density at radius 1 is 1.00 bits per heavy atom. The molecular formula is C18H21NO2. The van der Waals surface area contributed by atoms with Gasteiger partial charge >= 0.3 is 0 Å². The van der Waals surface area contributed by atoms with Gasteiger partial charge in [-0.25, -0.2) is 0 Å². The molecule has 2 aromatic rings. The van der Waals surface area contributed by atoms with Crippen molar-refractivity contribution < 1.29 is 9.84 Å². The van der Waals surface area contributed by atoms with E-state index in [-0.39, 0.29) is 0 Å². The third kappa shape index (κ3) is 3.50. The Bertz CT molecular complexity index is 558. The van der Waals surface area contributed by atoms with Gasteiger partial charge in [-0.05, 0) is 12.0 Å². The van der Waals surface area contributed by atoms with Gasteiger partial charge in [-0.2, -0.15) is 0 Å². The maximum Gasteiger partial charge on any atom is 0.205 e. The van der Waals surface area contributed by atoms with E-state index in [9.17, 15) is 5.11 Å². The first-order valence-corrected chi connectivity index (χ1v) is 7.44. The lowest BCUT2D eigenvalue weighted by atomic mass is 10.0. The molecule has 21 heavy (non-hydrogen) atoms. The first-order chi connectivity index (χ1) is 10.3. The number of β-amino-alcohol motifs (C(OH)–C–C–N with tert-alkyl or cyclic N) is 1. The Labute approximate surface area is 125 Å². The SMILES string of the molecule is OC1(c2ccccc2)CN(CCc2ccccc2)CCO1. The molecule has 1 heterocycles. The third-order valence-corrected chi connectivity index (χ3v) is 3.97. The summed E-state index contributed by atoms with van der Waals surface area (Å²) >= 11 is 0. The van der Waals surface area contributed by atoms with Gasteiger partial charge in [-0.3, -0.25) is 4.90 Å². The first kappa shape index (κ1) is 14.3. The van der Waals surface area contributed by atoms with Crippen LogP contribution in [-0.2, 0) is 16.9 Å². The van der Waals surface area contributed by atoms with E-state index in [1.807, 2.05) is 36.4 Å². The zero-order chi connectivity index (χ0) is 14.5. The van der Waals surface area contributed by atoms with Crippen molar-refractivity contribution in [3.05, 3.63) is 71.8 Å². The predicted molar refractivity (Wildman–Crippen MR) is 82.9 cm³/mol. The number of ether oxygens (including phenoxy) is 1. The van der Waals surface area contributed by atoms with Crippen LogP contribution in [-0.4, -0.2) is 36.2 Å². The molecule has 1 N–H and O–H groups in total. The fraction of sp³-hybridized carbons (Fsp3) is 0.333. The summed E-state index contributed by atoms with van der Waals surface area (Å²) in [7, 11) is 0. The Balaban J connectivity index is 1.63. The standard InChI is InChI=1S/C18H21NO2/c20-18(17-9-5-2-6-10-17)15-19(13-14-21-18)12-11-16-7-3-1-4-8-16/h1-10,20H,11-15H2. The van der Waals surface area contributed by atoms with Crippen molar-refractivity contribution in [3.63, 3.8) is 0 Å². The number of hydrogen-bond donors (Lipinski definition) is 1. The molecule has 1 atom stereocenters. The molecular weight excluding hydrogens is 262 g/mol. The molecule has 1 fully saturated rings. The maximum absolute atomic E-state index is 10.7. The van der Waals surface area contributed by atoms with Crippen LogP contribution in [0.25, 0.3) is 0 Å². The molecule has 0 spiro atoms. The number of hydrogen-bond acceptors (Lipinski definition) is 3. The average molecular weight is 283 g/mol. The smallest absolute Gasteiger partial charge is 0.205 e. The minimum atomic E-state index is -1.18. The zero-order valence-electron chi connectivity index (χ0n) is 12.1. The van der Waals surface area contributed by atoms with Crippen LogP contribution in [0.1, 0.15) is 11.1 Å². The van der Waals surface area contributed by atoms with Gasteiger partial charge in [0, 0.05) is 18.7 Å². The van der Waals surface area contributed by atoms with Gasteiger partial charge in [0.1, 0.15) is 0 Å². The van der Waals surface area contributed by atoms with Gasteiger partial charge in [0.2, 0.25) is 5.79 Å². The summed E-state index contributed by atoms with van der Waals surface area (Å²) in [5.74, 6) is -1.18. The fourth-order valence-electron chi connectivity index (χ4n) is 2.77. The van der Waals surface area contributed by atoms with Gasteiger partial charge in [0.25, 0.3) is 0 Å². The second-order valence-corrected chi connectivity index (χ2v) is 5.51. The topological polar surface area (TPSA) is 32.7 Å². The number of rotatable bonds is 4. The molecule has 1 aliphatic heterocycles. The molecule has 1 saturated heterocycles. The van der Waals surface area contributed by atoms with Crippen LogP contribution in [0, 0.1) is 0 Å². The minimum absolute atomic E-state index is 0.518. The normalized spacial score (nSPS) is 23.1. The largest absolute Gasteiger partial charge is 0.361 e. The van der Waals surface area contributed by atoms with Crippen LogP contribution < -0.4 is 0 Å². The average Bonchev–Trinajstić information content (AvgIpc) is 2.55. The Kier molecular flexibility index (Phi) is 4.34. The second kappa shape index (κ2) is 6.39. The molecule has 0 bridgehead atoms. The summed E-state index contributed by atoms with van der Waals surface area (Å²) in [5, 5.41) is 10.7. The van der Waals surface area contributed by atoms with E-state index >= 15 is 0 Å². The van der Waals surface area contributed by atoms with E-state index < -0.39 is 5.79 Å². The molecule has 1 unspecified atom stereocenters. The number of benzene rings is 2. The Morgan fingerprint density at radius 3 is 2.38 bits per heavy atom. The molecule has 110 valence electrons. The first-order valence-electron chi connectivity index (χ1n) is 7.44. The monoisotopic (exact) mass is 283 g/mol. The predicted octanol–water partition coefficient (Wildman–Crippen LogP) is 2.41. The highest BCUT2D eigenvalue weighted by molar-refractivity contribution is 5.21. The lowest BCUT2D eigenvalue weighted by Crippen LogP contribution is -2.50. The summed E-state index contributed by atoms with van der Waals surface area (Å²) in [4.78, 5) is 2.27. The van der Waals surface area contributed by atoms with Crippen molar-refractivity contribution in [1.29, 1.82) is 0 Å². The molecule has 0 saturated carbocycles. The molecule has 0 aromatic heterocycles. The lowest BCUT2D eigenvalue weighted by Gasteiger charge is -2.39. The molecule has 2 aromatic carbocycles. The van der Waals surface area contributed by atoms with Crippen molar-refractivity contribution >= 4 is 0 Å². The van der Waals surface area contributed by atoms with E-state index in [4.69, 9.17) is 4.74 Å². The highest BCUT2D eigenvalue weighted by Gasteiger charge is 2.35. The second-order valence-electron chi connectivity index (χ2n) is 5.51. The number of morpholine rings is 1. The van der Waals surface area contributed by atoms with Gasteiger partial charge in [0.05, 0.1) is 13.2 Å². The Hall–Kier alpha value is -1.68. The summed E-state index contributed by atoms with van der Waals surface area (Å²) in [5.41, 5.74) is 2.15. The highest BCUT2D eigenvalue weighted by Crippen LogP contribution is 2.26. The molecule has 0 aliphatic carbocycles. The molecule has 3 heteroatoms. The van der Waals surface area contributed by atoms with Gasteiger partial charge < -0.3 is 9.84 Å². The Morgan fingerprint density at radius 2 is 1.67 bits per heavy atom. The van der Waals surface area contributed by atoms with Crippen molar-refractivity contribution in [3.8, 4) is 0 Å². The number of nitrogens with zero attached hydrogens (tertiary/aromatic N) is 1. The van der Waals surface area contributed by atoms with Crippen molar-refractivity contribution in [1.82, 2.24) is 4.90 Å². The van der Waals surface area contributed by atoms with Crippen molar-refractivity contribution in [2.75, 3.05) is 26.2 Å². The van der Waals surface area contributed by atoms with Crippen LogP contribution in [0.2, 0.25) is 0 Å². The van der Waals surface area contributed by atoms with Crippen molar-refractivity contribution in [2.24, 2.45) is 0 Å². The van der Waals surface area contributed by atoms with Crippen molar-refractivity contribution in [2.45, 2.75) is 12.2 Å². The van der Waals surface area contributed by atoms with Gasteiger partial charge in [-0.1, -0.05) is 60.7 Å².